The van der Waals surface area contributed by atoms with E-state index < -0.39 is 24.7 Å². The Labute approximate surface area is 185 Å². The average Bonchev–Trinajstić information content (AvgIpc) is 2.67. The first-order valence-electron chi connectivity index (χ1n) is 9.31. The Bertz CT molecular complexity index is 959. The van der Waals surface area contributed by atoms with Gasteiger partial charge in [0.1, 0.15) is 17.5 Å². The number of rotatable bonds is 9. The number of hydrogen-bond donors (Lipinski definition) is 1. The number of benzene rings is 2. The summed E-state index contributed by atoms with van der Waals surface area (Å²) in [5.41, 5.74) is -0.401. The van der Waals surface area contributed by atoms with Crippen molar-refractivity contribution in [2.24, 2.45) is 5.41 Å². The van der Waals surface area contributed by atoms with E-state index in [4.69, 9.17) is 25.4 Å². The molecule has 0 saturated carbocycles. The van der Waals surface area contributed by atoms with Crippen LogP contribution < -0.4 is 14.1 Å². The molecule has 9 nitrogen and oxygen atoms in total. The lowest BCUT2D eigenvalue weighted by atomic mass is 9.99. The van der Waals surface area contributed by atoms with E-state index in [9.17, 15) is 19.5 Å². The lowest BCUT2D eigenvalue weighted by molar-refractivity contribution is -0.384. The maximum Gasteiger partial charge on any atom is 0.513 e. The van der Waals surface area contributed by atoms with Crippen LogP contribution in [0.5, 0.6) is 11.5 Å². The zero-order valence-corrected chi connectivity index (χ0v) is 19.2. The summed E-state index contributed by atoms with van der Waals surface area (Å²) in [6.07, 6.45) is 0. The van der Waals surface area contributed by atoms with Gasteiger partial charge in [0.2, 0.25) is 0 Å². The van der Waals surface area contributed by atoms with Gasteiger partial charge in [0, 0.05) is 17.2 Å². The van der Waals surface area contributed by atoms with Crippen LogP contribution in [0.1, 0.15) is 27.7 Å². The normalized spacial score (nSPS) is 14.2. The molecule has 0 spiro atoms. The average molecular weight is 471 g/mol. The molecule has 0 aliphatic heterocycles. The number of nitrogens with one attached hydrogen (secondary N) is 1. The first-order valence-corrected chi connectivity index (χ1v) is 11.2. The molecule has 0 aliphatic rings. The molecule has 2 aromatic rings. The third-order valence-corrected chi connectivity index (χ3v) is 5.52. The smallest absolute Gasteiger partial charge is 0.464 e. The van der Waals surface area contributed by atoms with Gasteiger partial charge in [-0.2, -0.15) is 5.09 Å². The molecule has 1 N–H and O–H groups in total. The Kier molecular flexibility index (Phi) is 8.06. The summed E-state index contributed by atoms with van der Waals surface area (Å²) in [4.78, 5) is 22.6. The number of nitro benzene ring substituents is 1. The van der Waals surface area contributed by atoms with Crippen LogP contribution in [0.3, 0.4) is 0 Å². The Morgan fingerprint density at radius 2 is 1.58 bits per heavy atom. The second-order valence-electron chi connectivity index (χ2n) is 7.90. The maximum absolute atomic E-state index is 13.4. The van der Waals surface area contributed by atoms with Gasteiger partial charge in [-0.1, -0.05) is 32.4 Å². The molecule has 2 atom stereocenters. The molecule has 11 heteroatoms. The highest BCUT2D eigenvalue weighted by atomic mass is 35.5. The van der Waals surface area contributed by atoms with Crippen LogP contribution in [-0.4, -0.2) is 23.5 Å². The number of ether oxygens (including phenoxy) is 1. The van der Waals surface area contributed by atoms with Gasteiger partial charge in [0.15, 0.2) is 0 Å². The lowest BCUT2D eigenvalue weighted by Gasteiger charge is -2.24. The van der Waals surface area contributed by atoms with Crippen molar-refractivity contribution < 1.29 is 28.1 Å². The highest BCUT2D eigenvalue weighted by Gasteiger charge is 2.34. The van der Waals surface area contributed by atoms with E-state index in [-0.39, 0.29) is 29.2 Å². The van der Waals surface area contributed by atoms with Crippen LogP contribution in [0.15, 0.2) is 48.5 Å². The van der Waals surface area contributed by atoms with Crippen LogP contribution in [0, 0.1) is 15.5 Å². The molecule has 0 radical (unpaired) electrons. The fourth-order valence-corrected chi connectivity index (χ4v) is 3.82. The van der Waals surface area contributed by atoms with Crippen LogP contribution in [0.4, 0.5) is 5.69 Å². The number of non-ortho nitro benzene ring substituents is 1. The first kappa shape index (κ1) is 24.7. The minimum Gasteiger partial charge on any atom is -0.464 e. The van der Waals surface area contributed by atoms with Crippen molar-refractivity contribution in [3.63, 3.8) is 0 Å². The topological polar surface area (TPSA) is 117 Å². The molecule has 0 heterocycles. The highest BCUT2D eigenvalue weighted by molar-refractivity contribution is 7.52. The summed E-state index contributed by atoms with van der Waals surface area (Å²) >= 11 is 5.86. The van der Waals surface area contributed by atoms with E-state index in [1.54, 1.807) is 0 Å². The number of carbonyl (C=O) groups excluding carboxylic acids is 1. The van der Waals surface area contributed by atoms with Crippen LogP contribution >= 0.6 is 19.3 Å². The Balaban J connectivity index is 2.22. The standard InChI is InChI=1S/C20H24ClN2O7P/c1-14(19(24)28-13-20(2,3)4)22-31(27,29-17-9-5-15(21)6-10-17)30-18-11-7-16(8-12-18)23(25)26/h5-12,14H,13H2,1-4H3,(H,22,27)/t14-,31+/m0/s1. The van der Waals surface area contributed by atoms with Crippen LogP contribution in [-0.2, 0) is 14.1 Å². The summed E-state index contributed by atoms with van der Waals surface area (Å²) in [7, 11) is -4.16. The molecule has 0 aliphatic carbocycles. The van der Waals surface area contributed by atoms with Crippen LogP contribution in [0.25, 0.3) is 0 Å². The molecule has 0 amide bonds. The number of nitrogens with zero attached hydrogens (tertiary/aromatic N) is 1. The largest absolute Gasteiger partial charge is 0.513 e. The quantitative estimate of drug-likeness (QED) is 0.224. The van der Waals surface area contributed by atoms with Crippen molar-refractivity contribution in [3.05, 3.63) is 63.7 Å². The van der Waals surface area contributed by atoms with Crippen molar-refractivity contribution in [3.8, 4) is 11.5 Å². The van der Waals surface area contributed by atoms with Gasteiger partial charge in [0.05, 0.1) is 11.5 Å². The molecule has 0 bridgehead atoms. The number of carbonyl (C=O) groups is 1. The van der Waals surface area contributed by atoms with Crippen molar-refractivity contribution in [2.75, 3.05) is 6.61 Å². The zero-order valence-electron chi connectivity index (χ0n) is 17.5. The predicted molar refractivity (Wildman–Crippen MR) is 116 cm³/mol. The van der Waals surface area contributed by atoms with Crippen molar-refractivity contribution in [2.45, 2.75) is 33.7 Å². The third-order valence-electron chi connectivity index (χ3n) is 3.67. The molecule has 2 aromatic carbocycles. The van der Waals surface area contributed by atoms with E-state index in [2.05, 4.69) is 5.09 Å². The minimum atomic E-state index is -4.16. The third kappa shape index (κ3) is 8.20. The Morgan fingerprint density at radius 3 is 2.03 bits per heavy atom. The number of nitro groups is 1. The fourth-order valence-electron chi connectivity index (χ4n) is 2.18. The number of halogens is 1. The summed E-state index contributed by atoms with van der Waals surface area (Å²) < 4.78 is 29.7. The summed E-state index contributed by atoms with van der Waals surface area (Å²) in [6.45, 7) is 7.35. The molecular weight excluding hydrogens is 447 g/mol. The summed E-state index contributed by atoms with van der Waals surface area (Å²) in [5, 5.41) is 13.8. The Morgan fingerprint density at radius 1 is 1.10 bits per heavy atom. The van der Waals surface area contributed by atoms with Gasteiger partial charge in [-0.3, -0.25) is 14.9 Å². The molecule has 168 valence electrons. The monoisotopic (exact) mass is 470 g/mol. The van der Waals surface area contributed by atoms with Gasteiger partial charge in [0.25, 0.3) is 5.69 Å². The van der Waals surface area contributed by atoms with Crippen molar-refractivity contribution >= 4 is 31.0 Å². The Hall–Kier alpha value is -2.61. The van der Waals surface area contributed by atoms with E-state index >= 15 is 0 Å². The number of hydrogen-bond acceptors (Lipinski definition) is 7. The van der Waals surface area contributed by atoms with Crippen LogP contribution in [0.2, 0.25) is 5.02 Å². The SMILES string of the molecule is C[C@H](N[P@@](=O)(Oc1ccc(Cl)cc1)Oc1ccc([N+](=O)[O-])cc1)C(=O)OCC(C)(C)C. The first-order chi connectivity index (χ1) is 14.4. The molecule has 0 unspecified atom stereocenters. The van der Waals surface area contributed by atoms with Gasteiger partial charge in [-0.05, 0) is 48.7 Å². The van der Waals surface area contributed by atoms with Gasteiger partial charge < -0.3 is 13.8 Å². The van der Waals surface area contributed by atoms with E-state index in [1.807, 2.05) is 20.8 Å². The van der Waals surface area contributed by atoms with Gasteiger partial charge >= 0.3 is 13.7 Å². The molecule has 0 aromatic heterocycles. The lowest BCUT2D eigenvalue weighted by Crippen LogP contribution is -2.37. The highest BCUT2D eigenvalue weighted by Crippen LogP contribution is 2.45. The van der Waals surface area contributed by atoms with Crippen molar-refractivity contribution in [1.29, 1.82) is 0 Å². The summed E-state index contributed by atoms with van der Waals surface area (Å²) in [5.74, 6) is -0.412. The fraction of sp³-hybridized carbons (Fsp3) is 0.350. The van der Waals surface area contributed by atoms with E-state index in [0.29, 0.717) is 5.02 Å². The molecule has 31 heavy (non-hydrogen) atoms. The molecular formula is C20H24ClN2O7P. The minimum absolute atomic E-state index is 0.0469. The van der Waals surface area contributed by atoms with Gasteiger partial charge in [-0.25, -0.2) is 4.57 Å². The molecule has 0 fully saturated rings. The molecule has 2 rings (SSSR count). The maximum atomic E-state index is 13.4. The second-order valence-corrected chi connectivity index (χ2v) is 9.96. The molecule has 0 saturated heterocycles. The summed E-state index contributed by atoms with van der Waals surface area (Å²) in [6, 6.07) is 9.96. The predicted octanol–water partition coefficient (Wildman–Crippen LogP) is 5.38. The zero-order chi connectivity index (χ0) is 23.2. The second kappa shape index (κ2) is 10.1. The van der Waals surface area contributed by atoms with E-state index in [0.717, 1.165) is 0 Å². The van der Waals surface area contributed by atoms with E-state index in [1.165, 1.54) is 55.5 Å². The van der Waals surface area contributed by atoms with Gasteiger partial charge in [-0.15, -0.1) is 0 Å². The van der Waals surface area contributed by atoms with Crippen molar-refractivity contribution in [1.82, 2.24) is 5.09 Å². The number of esters is 1.